The molecule has 3 aromatic carbocycles. The summed E-state index contributed by atoms with van der Waals surface area (Å²) < 4.78 is 2.04. The molecule has 1 aromatic heterocycles. The summed E-state index contributed by atoms with van der Waals surface area (Å²) in [6.45, 7) is 0.0760. The molecule has 0 bridgehead atoms. The summed E-state index contributed by atoms with van der Waals surface area (Å²) >= 11 is 3.42. The molecule has 0 saturated heterocycles. The highest BCUT2D eigenvalue weighted by molar-refractivity contribution is 9.10. The van der Waals surface area contributed by atoms with Crippen molar-refractivity contribution in [3.05, 3.63) is 98.9 Å². The maximum Gasteiger partial charge on any atom is 0.353 e. The Bertz CT molecular complexity index is 1280. The summed E-state index contributed by atoms with van der Waals surface area (Å²) in [4.78, 5) is 25.6. The second kappa shape index (κ2) is 7.56. The van der Waals surface area contributed by atoms with Crippen molar-refractivity contribution in [1.29, 1.82) is 0 Å². The van der Waals surface area contributed by atoms with Crippen LogP contribution in [0.2, 0.25) is 0 Å². The second-order valence-electron chi connectivity index (χ2n) is 6.64. The Labute approximate surface area is 174 Å². The molecular formula is C23H16BrNO4. The van der Waals surface area contributed by atoms with Gasteiger partial charge in [0.25, 0.3) is 5.56 Å². The van der Waals surface area contributed by atoms with Crippen LogP contribution < -0.4 is 5.56 Å². The number of aromatic nitrogens is 1. The average molecular weight is 450 g/mol. The Morgan fingerprint density at radius 2 is 1.62 bits per heavy atom. The Morgan fingerprint density at radius 3 is 2.28 bits per heavy atom. The van der Waals surface area contributed by atoms with Gasteiger partial charge < -0.3 is 10.2 Å². The summed E-state index contributed by atoms with van der Waals surface area (Å²) in [6.07, 6.45) is 0. The highest BCUT2D eigenvalue weighted by atomic mass is 79.9. The SMILES string of the molecule is O=C(O)c1c(-c2ccccc2)c2cc(Br)ccc2c(=O)n1Cc1ccc(O)cc1. The van der Waals surface area contributed by atoms with Crippen molar-refractivity contribution >= 4 is 32.7 Å². The number of carboxylic acid groups (broad SMARTS) is 1. The fraction of sp³-hybridized carbons (Fsp3) is 0.0435. The molecular weight excluding hydrogens is 434 g/mol. The van der Waals surface area contributed by atoms with Crippen LogP contribution in [0.3, 0.4) is 0 Å². The van der Waals surface area contributed by atoms with Gasteiger partial charge in [0.2, 0.25) is 0 Å². The van der Waals surface area contributed by atoms with Crippen LogP contribution in [0.15, 0.2) is 82.1 Å². The summed E-state index contributed by atoms with van der Waals surface area (Å²) in [6, 6.07) is 20.8. The largest absolute Gasteiger partial charge is 0.508 e. The Hall–Kier alpha value is -3.38. The predicted octanol–water partition coefficient (Wildman–Crippen LogP) is 4.88. The topological polar surface area (TPSA) is 79.5 Å². The molecule has 6 heteroatoms. The molecule has 0 saturated carbocycles. The van der Waals surface area contributed by atoms with E-state index in [0.717, 1.165) is 4.47 Å². The molecule has 0 amide bonds. The third-order valence-corrected chi connectivity index (χ3v) is 5.27. The molecule has 29 heavy (non-hydrogen) atoms. The number of fused-ring (bicyclic) bond motifs is 1. The number of halogens is 1. The second-order valence-corrected chi connectivity index (χ2v) is 7.56. The van der Waals surface area contributed by atoms with Gasteiger partial charge in [-0.3, -0.25) is 9.36 Å². The van der Waals surface area contributed by atoms with Crippen LogP contribution >= 0.6 is 15.9 Å². The molecule has 5 nitrogen and oxygen atoms in total. The number of hydrogen-bond acceptors (Lipinski definition) is 3. The molecule has 0 unspecified atom stereocenters. The van der Waals surface area contributed by atoms with Crippen LogP contribution in [0.5, 0.6) is 5.75 Å². The maximum absolute atomic E-state index is 13.3. The fourth-order valence-corrected chi connectivity index (χ4v) is 3.83. The fourth-order valence-electron chi connectivity index (χ4n) is 3.47. The van der Waals surface area contributed by atoms with E-state index in [4.69, 9.17) is 0 Å². The summed E-state index contributed by atoms with van der Waals surface area (Å²) in [5.74, 6) is -1.07. The van der Waals surface area contributed by atoms with E-state index in [-0.39, 0.29) is 23.5 Å². The number of hydrogen-bond donors (Lipinski definition) is 2. The van der Waals surface area contributed by atoms with E-state index in [1.54, 1.807) is 30.3 Å². The number of phenols is 1. The number of carbonyl (C=O) groups is 1. The lowest BCUT2D eigenvalue weighted by molar-refractivity contribution is 0.0685. The summed E-state index contributed by atoms with van der Waals surface area (Å²) in [5, 5.41) is 20.6. The highest BCUT2D eigenvalue weighted by Crippen LogP contribution is 2.32. The van der Waals surface area contributed by atoms with E-state index in [1.807, 2.05) is 30.3 Å². The van der Waals surface area contributed by atoms with E-state index < -0.39 is 5.97 Å². The van der Waals surface area contributed by atoms with Crippen molar-refractivity contribution in [2.45, 2.75) is 6.54 Å². The number of carboxylic acids is 1. The smallest absolute Gasteiger partial charge is 0.353 e. The minimum Gasteiger partial charge on any atom is -0.508 e. The van der Waals surface area contributed by atoms with E-state index >= 15 is 0 Å². The molecule has 0 radical (unpaired) electrons. The average Bonchev–Trinajstić information content (AvgIpc) is 2.71. The predicted molar refractivity (Wildman–Crippen MR) is 116 cm³/mol. The quantitative estimate of drug-likeness (QED) is 0.465. The van der Waals surface area contributed by atoms with Gasteiger partial charge in [-0.05, 0) is 46.8 Å². The van der Waals surface area contributed by atoms with Crippen molar-refractivity contribution < 1.29 is 15.0 Å². The van der Waals surface area contributed by atoms with Crippen molar-refractivity contribution in [3.63, 3.8) is 0 Å². The van der Waals surface area contributed by atoms with Gasteiger partial charge >= 0.3 is 5.97 Å². The van der Waals surface area contributed by atoms with Crippen LogP contribution in [-0.4, -0.2) is 20.7 Å². The number of aromatic carboxylic acids is 1. The lowest BCUT2D eigenvalue weighted by Gasteiger charge is -2.18. The zero-order valence-electron chi connectivity index (χ0n) is 15.2. The van der Waals surface area contributed by atoms with Crippen molar-refractivity contribution in [1.82, 2.24) is 4.57 Å². The third kappa shape index (κ3) is 3.54. The van der Waals surface area contributed by atoms with Crippen molar-refractivity contribution in [3.8, 4) is 16.9 Å². The molecule has 4 aromatic rings. The molecule has 0 aliphatic rings. The molecule has 0 aliphatic heterocycles. The number of benzene rings is 3. The molecule has 4 rings (SSSR count). The van der Waals surface area contributed by atoms with Gasteiger partial charge in [0.15, 0.2) is 0 Å². The lowest BCUT2D eigenvalue weighted by atomic mass is 9.96. The number of phenolic OH excluding ortho intramolecular Hbond substituents is 1. The first kappa shape index (κ1) is 19.0. The normalized spacial score (nSPS) is 10.9. The standard InChI is InChI=1S/C23H16BrNO4/c24-16-8-11-18-19(12-16)20(15-4-2-1-3-5-15)21(23(28)29)25(22(18)27)13-14-6-9-17(26)10-7-14/h1-12,26H,13H2,(H,28,29). The molecule has 0 atom stereocenters. The van der Waals surface area contributed by atoms with Gasteiger partial charge in [0, 0.05) is 15.4 Å². The monoisotopic (exact) mass is 449 g/mol. The Morgan fingerprint density at radius 1 is 0.931 bits per heavy atom. The van der Waals surface area contributed by atoms with E-state index in [2.05, 4.69) is 15.9 Å². The molecule has 0 spiro atoms. The Kier molecular flexibility index (Phi) is 4.94. The minimum atomic E-state index is -1.18. The van der Waals surface area contributed by atoms with Crippen LogP contribution in [0, 0.1) is 0 Å². The summed E-state index contributed by atoms with van der Waals surface area (Å²) in [7, 11) is 0. The minimum absolute atomic E-state index is 0.0696. The lowest BCUT2D eigenvalue weighted by Crippen LogP contribution is -2.28. The summed E-state index contributed by atoms with van der Waals surface area (Å²) in [5.41, 5.74) is 1.47. The number of rotatable bonds is 4. The third-order valence-electron chi connectivity index (χ3n) is 4.78. The molecule has 0 fully saturated rings. The van der Waals surface area contributed by atoms with Gasteiger partial charge in [-0.2, -0.15) is 0 Å². The van der Waals surface area contributed by atoms with E-state index in [1.165, 1.54) is 16.7 Å². The molecule has 1 heterocycles. The van der Waals surface area contributed by atoms with Gasteiger partial charge in [-0.1, -0.05) is 58.4 Å². The van der Waals surface area contributed by atoms with E-state index in [9.17, 15) is 19.8 Å². The van der Waals surface area contributed by atoms with Gasteiger partial charge in [0.05, 0.1) is 6.54 Å². The number of nitrogens with zero attached hydrogens (tertiary/aromatic N) is 1. The number of aromatic hydroxyl groups is 1. The first-order valence-electron chi connectivity index (χ1n) is 8.88. The molecule has 0 aliphatic carbocycles. The number of pyridine rings is 1. The highest BCUT2D eigenvalue weighted by Gasteiger charge is 2.23. The maximum atomic E-state index is 13.3. The van der Waals surface area contributed by atoms with Crippen LogP contribution in [0.1, 0.15) is 16.1 Å². The van der Waals surface area contributed by atoms with Gasteiger partial charge in [0.1, 0.15) is 11.4 Å². The van der Waals surface area contributed by atoms with Crippen LogP contribution in [-0.2, 0) is 6.54 Å². The van der Waals surface area contributed by atoms with Gasteiger partial charge in [-0.25, -0.2) is 4.79 Å². The Balaban J connectivity index is 2.10. The molecule has 144 valence electrons. The first-order valence-corrected chi connectivity index (χ1v) is 9.67. The first-order chi connectivity index (χ1) is 14.0. The molecule has 2 N–H and O–H groups in total. The van der Waals surface area contributed by atoms with Crippen LogP contribution in [0.4, 0.5) is 0 Å². The van der Waals surface area contributed by atoms with Crippen molar-refractivity contribution in [2.24, 2.45) is 0 Å². The van der Waals surface area contributed by atoms with E-state index in [0.29, 0.717) is 27.5 Å². The zero-order chi connectivity index (χ0) is 20.5. The zero-order valence-corrected chi connectivity index (χ0v) is 16.8. The van der Waals surface area contributed by atoms with Crippen LogP contribution in [0.25, 0.3) is 21.9 Å². The van der Waals surface area contributed by atoms with Gasteiger partial charge in [-0.15, -0.1) is 0 Å². The van der Waals surface area contributed by atoms with Crippen molar-refractivity contribution in [2.75, 3.05) is 0 Å².